The first-order valence-electron chi connectivity index (χ1n) is 8.57. The summed E-state index contributed by atoms with van der Waals surface area (Å²) in [5, 5.41) is 9.14. The minimum absolute atomic E-state index is 0.170. The van der Waals surface area contributed by atoms with Crippen molar-refractivity contribution >= 4 is 28.6 Å². The second-order valence-electron chi connectivity index (χ2n) is 6.22. The smallest absolute Gasteiger partial charge is 0.266 e. The molecule has 7 heteroatoms. The number of amides is 1. The van der Waals surface area contributed by atoms with Crippen molar-refractivity contribution in [2.24, 2.45) is 0 Å². The van der Waals surface area contributed by atoms with E-state index in [0.29, 0.717) is 36.0 Å². The number of anilines is 2. The maximum Gasteiger partial charge on any atom is 0.266 e. The Balaban J connectivity index is 1.61. The molecule has 1 amide bonds. The number of hydrogen-bond acceptors (Lipinski definition) is 6. The lowest BCUT2D eigenvalue weighted by molar-refractivity contribution is -0.120. The van der Waals surface area contributed by atoms with Crippen LogP contribution in [-0.2, 0) is 4.79 Å². The topological polar surface area (TPSA) is 82.4 Å². The van der Waals surface area contributed by atoms with Gasteiger partial charge in [-0.05, 0) is 24.3 Å². The maximum absolute atomic E-state index is 12.8. The van der Waals surface area contributed by atoms with Gasteiger partial charge in [0.2, 0.25) is 0 Å². The molecular weight excluding hydrogens is 342 g/mol. The second kappa shape index (κ2) is 6.92. The SMILES string of the molecule is CN1CCN(C(=O)COc2ccccc2C#N)c2nc3ccccc3nc21. The first-order chi connectivity index (χ1) is 13.2. The van der Waals surface area contributed by atoms with Crippen LogP contribution in [0.25, 0.3) is 11.0 Å². The molecule has 2 aromatic carbocycles. The van der Waals surface area contributed by atoms with E-state index in [4.69, 9.17) is 10.00 Å². The molecule has 0 bridgehead atoms. The van der Waals surface area contributed by atoms with Gasteiger partial charge < -0.3 is 9.64 Å². The molecule has 0 aliphatic carbocycles. The van der Waals surface area contributed by atoms with Gasteiger partial charge in [0.1, 0.15) is 11.8 Å². The molecule has 1 aliphatic heterocycles. The van der Waals surface area contributed by atoms with E-state index >= 15 is 0 Å². The quantitative estimate of drug-likeness (QED) is 0.714. The van der Waals surface area contributed by atoms with E-state index in [0.717, 1.165) is 11.0 Å². The Morgan fingerprint density at radius 1 is 1.07 bits per heavy atom. The number of carbonyl (C=O) groups is 1. The number of rotatable bonds is 3. The predicted molar refractivity (Wildman–Crippen MR) is 102 cm³/mol. The van der Waals surface area contributed by atoms with Crippen LogP contribution in [-0.4, -0.2) is 42.6 Å². The van der Waals surface area contributed by atoms with Gasteiger partial charge in [-0.25, -0.2) is 9.97 Å². The molecule has 2 heterocycles. The van der Waals surface area contributed by atoms with Crippen LogP contribution < -0.4 is 14.5 Å². The van der Waals surface area contributed by atoms with Crippen molar-refractivity contribution in [1.29, 1.82) is 5.26 Å². The summed E-state index contributed by atoms with van der Waals surface area (Å²) >= 11 is 0. The van der Waals surface area contributed by atoms with Gasteiger partial charge in [0.25, 0.3) is 5.91 Å². The van der Waals surface area contributed by atoms with E-state index < -0.39 is 0 Å². The summed E-state index contributed by atoms with van der Waals surface area (Å²) in [4.78, 5) is 25.7. The summed E-state index contributed by atoms with van der Waals surface area (Å²) in [7, 11) is 1.93. The molecular formula is C20H17N5O2. The van der Waals surface area contributed by atoms with E-state index in [2.05, 4.69) is 16.0 Å². The van der Waals surface area contributed by atoms with Gasteiger partial charge in [-0.1, -0.05) is 24.3 Å². The van der Waals surface area contributed by atoms with E-state index in [-0.39, 0.29) is 12.5 Å². The number of hydrogen-bond donors (Lipinski definition) is 0. The molecule has 3 aromatic rings. The number of nitrogens with zero attached hydrogens (tertiary/aromatic N) is 5. The normalized spacial score (nSPS) is 13.2. The molecule has 0 unspecified atom stereocenters. The molecule has 0 N–H and O–H groups in total. The van der Waals surface area contributed by atoms with Crippen LogP contribution >= 0.6 is 0 Å². The molecule has 7 nitrogen and oxygen atoms in total. The van der Waals surface area contributed by atoms with Crippen molar-refractivity contribution in [2.45, 2.75) is 0 Å². The van der Waals surface area contributed by atoms with Crippen molar-refractivity contribution < 1.29 is 9.53 Å². The Hall–Kier alpha value is -3.66. The number of carbonyl (C=O) groups excluding carboxylic acids is 1. The average Bonchev–Trinajstić information content (AvgIpc) is 2.71. The van der Waals surface area contributed by atoms with E-state index in [1.54, 1.807) is 29.2 Å². The van der Waals surface area contributed by atoms with E-state index in [1.165, 1.54) is 0 Å². The molecule has 0 fully saturated rings. The predicted octanol–water partition coefficient (Wildman–Crippen LogP) is 2.36. The molecule has 0 saturated heterocycles. The van der Waals surface area contributed by atoms with Gasteiger partial charge in [-0.2, -0.15) is 5.26 Å². The van der Waals surface area contributed by atoms with Gasteiger partial charge in [0.15, 0.2) is 18.2 Å². The lowest BCUT2D eigenvalue weighted by Crippen LogP contribution is -2.45. The molecule has 0 spiro atoms. The fourth-order valence-corrected chi connectivity index (χ4v) is 3.03. The molecule has 1 aromatic heterocycles. The molecule has 4 rings (SSSR count). The van der Waals surface area contributed by atoms with Crippen LogP contribution in [0.5, 0.6) is 5.75 Å². The van der Waals surface area contributed by atoms with Crippen molar-refractivity contribution in [2.75, 3.05) is 36.5 Å². The lowest BCUT2D eigenvalue weighted by Gasteiger charge is -2.33. The largest absolute Gasteiger partial charge is 0.482 e. The van der Waals surface area contributed by atoms with Gasteiger partial charge in [-0.3, -0.25) is 9.69 Å². The summed E-state index contributed by atoms with van der Waals surface area (Å²) in [6.07, 6.45) is 0. The minimum atomic E-state index is -0.221. The molecule has 0 radical (unpaired) electrons. The third kappa shape index (κ3) is 3.13. The zero-order valence-corrected chi connectivity index (χ0v) is 14.8. The summed E-state index contributed by atoms with van der Waals surface area (Å²) < 4.78 is 5.60. The number of benzene rings is 2. The summed E-state index contributed by atoms with van der Waals surface area (Å²) in [5.41, 5.74) is 1.92. The van der Waals surface area contributed by atoms with Crippen LogP contribution in [0.2, 0.25) is 0 Å². The van der Waals surface area contributed by atoms with E-state index in [1.807, 2.05) is 36.2 Å². The molecule has 1 aliphatic rings. The Bertz CT molecular complexity index is 1060. The highest BCUT2D eigenvalue weighted by Crippen LogP contribution is 2.30. The van der Waals surface area contributed by atoms with Gasteiger partial charge in [-0.15, -0.1) is 0 Å². The highest BCUT2D eigenvalue weighted by atomic mass is 16.5. The van der Waals surface area contributed by atoms with Crippen molar-refractivity contribution in [3.8, 4) is 11.8 Å². The monoisotopic (exact) mass is 359 g/mol. The summed E-state index contributed by atoms with van der Waals surface area (Å²) in [6, 6.07) is 16.5. The first kappa shape index (κ1) is 16.8. The second-order valence-corrected chi connectivity index (χ2v) is 6.22. The highest BCUT2D eigenvalue weighted by molar-refractivity contribution is 5.98. The first-order valence-corrected chi connectivity index (χ1v) is 8.57. The Kier molecular flexibility index (Phi) is 4.30. The highest BCUT2D eigenvalue weighted by Gasteiger charge is 2.28. The van der Waals surface area contributed by atoms with Crippen molar-refractivity contribution in [3.05, 3.63) is 54.1 Å². The van der Waals surface area contributed by atoms with Gasteiger partial charge >= 0.3 is 0 Å². The summed E-state index contributed by atoms with van der Waals surface area (Å²) in [5.74, 6) is 1.38. The number of ether oxygens (including phenoxy) is 1. The number of nitriles is 1. The third-order valence-corrected chi connectivity index (χ3v) is 4.47. The molecule has 27 heavy (non-hydrogen) atoms. The fraction of sp³-hybridized carbons (Fsp3) is 0.200. The van der Waals surface area contributed by atoms with Crippen molar-refractivity contribution in [3.63, 3.8) is 0 Å². The third-order valence-electron chi connectivity index (χ3n) is 4.47. The van der Waals surface area contributed by atoms with E-state index in [9.17, 15) is 4.79 Å². The Morgan fingerprint density at radius 2 is 1.74 bits per heavy atom. The minimum Gasteiger partial charge on any atom is -0.482 e. The number of fused-ring (bicyclic) bond motifs is 2. The number of likely N-dealkylation sites (N-methyl/N-ethyl adjacent to an activating group) is 1. The molecule has 134 valence electrons. The van der Waals surface area contributed by atoms with Crippen LogP contribution in [0, 0.1) is 11.3 Å². The Morgan fingerprint density at radius 3 is 2.48 bits per heavy atom. The average molecular weight is 359 g/mol. The zero-order chi connectivity index (χ0) is 18.8. The van der Waals surface area contributed by atoms with Gasteiger partial charge in [0, 0.05) is 20.1 Å². The van der Waals surface area contributed by atoms with Crippen LogP contribution in [0.4, 0.5) is 11.6 Å². The molecule has 0 saturated carbocycles. The number of aromatic nitrogens is 2. The number of para-hydroxylation sites is 3. The fourth-order valence-electron chi connectivity index (χ4n) is 3.03. The zero-order valence-electron chi connectivity index (χ0n) is 14.8. The maximum atomic E-state index is 12.8. The standard InChI is InChI=1S/C20H17N5O2/c1-24-10-11-25(18(26)13-27-17-9-5-2-6-14(17)12-21)20-19(24)22-15-7-3-4-8-16(15)23-20/h2-9H,10-11,13H2,1H3. The molecule has 0 atom stereocenters. The van der Waals surface area contributed by atoms with Crippen molar-refractivity contribution in [1.82, 2.24) is 9.97 Å². The van der Waals surface area contributed by atoms with Gasteiger partial charge in [0.05, 0.1) is 16.6 Å². The van der Waals surface area contributed by atoms with Crippen LogP contribution in [0.15, 0.2) is 48.5 Å². The van der Waals surface area contributed by atoms with Crippen LogP contribution in [0.1, 0.15) is 5.56 Å². The lowest BCUT2D eigenvalue weighted by atomic mass is 10.2. The van der Waals surface area contributed by atoms with Crippen LogP contribution in [0.3, 0.4) is 0 Å². The Labute approximate surface area is 156 Å². The summed E-state index contributed by atoms with van der Waals surface area (Å²) in [6.45, 7) is 0.982.